The fourth-order valence-corrected chi connectivity index (χ4v) is 6.19. The second kappa shape index (κ2) is 12.2. The van der Waals surface area contributed by atoms with Crippen molar-refractivity contribution in [2.24, 2.45) is 0 Å². The fraction of sp³-hybridized carbons (Fsp3) is 0.147. The van der Waals surface area contributed by atoms with E-state index in [2.05, 4.69) is 23.3 Å². The molecule has 0 aliphatic carbocycles. The van der Waals surface area contributed by atoms with E-state index in [-0.39, 0.29) is 18.4 Å². The predicted octanol–water partition coefficient (Wildman–Crippen LogP) is 6.76. The van der Waals surface area contributed by atoms with E-state index >= 15 is 0 Å². The summed E-state index contributed by atoms with van der Waals surface area (Å²) in [7, 11) is 1.58. The number of thiophene rings is 1. The molecule has 2 aromatic heterocycles. The lowest BCUT2D eigenvalue weighted by Gasteiger charge is -2.20. The summed E-state index contributed by atoms with van der Waals surface area (Å²) in [5, 5.41) is 8.70. The average Bonchev–Trinajstić information content (AvgIpc) is 3.51. The molecule has 7 nitrogen and oxygen atoms in total. The Hall–Kier alpha value is -4.86. The molecule has 5 aromatic rings. The minimum atomic E-state index is -0.417. The van der Waals surface area contributed by atoms with E-state index in [4.69, 9.17) is 14.5 Å². The normalized spacial score (nSPS) is 12.5. The zero-order chi connectivity index (χ0) is 29.9. The van der Waals surface area contributed by atoms with Crippen LogP contribution in [-0.2, 0) is 27.3 Å². The van der Waals surface area contributed by atoms with Gasteiger partial charge in [-0.05, 0) is 59.0 Å². The second-order valence-corrected chi connectivity index (χ2v) is 11.0. The molecule has 1 aliphatic rings. The van der Waals surface area contributed by atoms with Gasteiger partial charge in [-0.25, -0.2) is 9.37 Å². The zero-order valence-electron chi connectivity index (χ0n) is 23.4. The number of methoxy groups -OCH3 is 1. The number of carbonyl (C=O) groups is 2. The van der Waals surface area contributed by atoms with Crippen LogP contribution < -0.4 is 15.4 Å². The van der Waals surface area contributed by atoms with E-state index in [1.807, 2.05) is 41.8 Å². The number of amides is 2. The first-order valence-electron chi connectivity index (χ1n) is 13.7. The van der Waals surface area contributed by atoms with Crippen molar-refractivity contribution in [2.45, 2.75) is 13.0 Å². The molecule has 3 aromatic carbocycles. The Morgan fingerprint density at radius 1 is 1.07 bits per heavy atom. The first-order valence-corrected chi connectivity index (χ1v) is 14.6. The molecule has 216 valence electrons. The molecule has 0 fully saturated rings. The largest absolute Gasteiger partial charge is 0.490 e. The fourth-order valence-electron chi connectivity index (χ4n) is 5.24. The second-order valence-electron chi connectivity index (χ2n) is 10.0. The third-order valence-electron chi connectivity index (χ3n) is 7.26. The Balaban J connectivity index is 1.60. The molecule has 0 atom stereocenters. The van der Waals surface area contributed by atoms with E-state index in [0.717, 1.165) is 43.6 Å². The van der Waals surface area contributed by atoms with Gasteiger partial charge in [0.2, 0.25) is 11.8 Å². The number of fused-ring (bicyclic) bond motifs is 2. The lowest BCUT2D eigenvalue weighted by molar-refractivity contribution is -0.121. The summed E-state index contributed by atoms with van der Waals surface area (Å²) in [6, 6.07) is 20.0. The number of hydrogen-bond donors (Lipinski definition) is 2. The maximum Gasteiger partial charge on any atom is 0.247 e. The van der Waals surface area contributed by atoms with Crippen LogP contribution in [0.1, 0.15) is 11.1 Å². The zero-order valence-corrected chi connectivity index (χ0v) is 24.2. The number of nitrogens with zero attached hydrogens (tertiary/aromatic N) is 1. The van der Waals surface area contributed by atoms with Crippen molar-refractivity contribution in [3.05, 3.63) is 102 Å². The van der Waals surface area contributed by atoms with Crippen molar-refractivity contribution < 1.29 is 23.5 Å². The molecule has 0 bridgehead atoms. The number of carbonyl (C=O) groups excluding carboxylic acids is 2. The van der Waals surface area contributed by atoms with Gasteiger partial charge >= 0.3 is 0 Å². The summed E-state index contributed by atoms with van der Waals surface area (Å²) in [5.41, 5.74) is 7.21. The van der Waals surface area contributed by atoms with Crippen LogP contribution in [0.25, 0.3) is 43.7 Å². The average molecular weight is 594 g/mol. The van der Waals surface area contributed by atoms with Gasteiger partial charge < -0.3 is 20.1 Å². The predicted molar refractivity (Wildman–Crippen MR) is 168 cm³/mol. The van der Waals surface area contributed by atoms with Crippen molar-refractivity contribution in [2.75, 3.05) is 25.6 Å². The Labute approximate surface area is 252 Å². The van der Waals surface area contributed by atoms with Gasteiger partial charge in [-0.1, -0.05) is 30.8 Å². The van der Waals surface area contributed by atoms with Crippen molar-refractivity contribution in [3.8, 4) is 39.4 Å². The van der Waals surface area contributed by atoms with Gasteiger partial charge in [0.25, 0.3) is 0 Å². The highest BCUT2D eigenvalue weighted by molar-refractivity contribution is 7.18. The summed E-state index contributed by atoms with van der Waals surface area (Å²) >= 11 is 1.56. The standard InChI is InChI=1S/C34H28FN3O4S/c1-3-29(39)37-25-6-4-5-21(16-25)33-31(26-10-9-24(35)18-28(26)42-13-12-41-2)34-27(11-14-43-34)32(38-33)22-8-7-20-17-30(40)36-19-23(20)15-22/h3-11,14-16,18H,1,12-13,17,19H2,2H3,(H,36,40)(H,37,39). The van der Waals surface area contributed by atoms with Gasteiger partial charge in [-0.15, -0.1) is 11.3 Å². The Bertz CT molecular complexity index is 1880. The molecular weight excluding hydrogens is 565 g/mol. The monoisotopic (exact) mass is 593 g/mol. The molecule has 2 N–H and O–H groups in total. The smallest absolute Gasteiger partial charge is 0.247 e. The van der Waals surface area contributed by atoms with E-state index in [9.17, 15) is 14.0 Å². The summed E-state index contributed by atoms with van der Waals surface area (Å²) in [4.78, 5) is 29.3. The van der Waals surface area contributed by atoms with Gasteiger partial charge in [-0.3, -0.25) is 9.59 Å². The van der Waals surface area contributed by atoms with Gasteiger partial charge in [0.05, 0.1) is 24.4 Å². The van der Waals surface area contributed by atoms with E-state index < -0.39 is 5.82 Å². The van der Waals surface area contributed by atoms with Crippen LogP contribution >= 0.6 is 11.3 Å². The topological polar surface area (TPSA) is 89.6 Å². The quantitative estimate of drug-likeness (QED) is 0.146. The lowest BCUT2D eigenvalue weighted by atomic mass is 9.93. The van der Waals surface area contributed by atoms with Gasteiger partial charge in [0, 0.05) is 57.7 Å². The van der Waals surface area contributed by atoms with Crippen molar-refractivity contribution >= 4 is 38.9 Å². The summed E-state index contributed by atoms with van der Waals surface area (Å²) in [6.07, 6.45) is 1.56. The molecule has 2 amide bonds. The SMILES string of the molecule is C=CC(=O)Nc1cccc(-c2nc(-c3ccc4c(c3)CNC(=O)C4)c3ccsc3c2-c2ccc(F)cc2OCCOC)c1. The highest BCUT2D eigenvalue weighted by atomic mass is 32.1. The number of hydrogen-bond acceptors (Lipinski definition) is 6. The Morgan fingerprint density at radius 2 is 1.93 bits per heavy atom. The molecule has 0 saturated carbocycles. The number of halogens is 1. The first kappa shape index (κ1) is 28.3. The minimum absolute atomic E-state index is 0.0106. The summed E-state index contributed by atoms with van der Waals surface area (Å²) in [5.74, 6) is -0.354. The van der Waals surface area contributed by atoms with Gasteiger partial charge in [-0.2, -0.15) is 0 Å². The number of nitrogens with one attached hydrogen (secondary N) is 2. The van der Waals surface area contributed by atoms with Gasteiger partial charge in [0.15, 0.2) is 0 Å². The van der Waals surface area contributed by atoms with Gasteiger partial charge in [0.1, 0.15) is 18.2 Å². The van der Waals surface area contributed by atoms with E-state index in [0.29, 0.717) is 42.3 Å². The first-order chi connectivity index (χ1) is 20.9. The molecule has 0 radical (unpaired) electrons. The maximum atomic E-state index is 14.5. The molecule has 0 saturated heterocycles. The maximum absolute atomic E-state index is 14.5. The number of ether oxygens (including phenoxy) is 2. The van der Waals surface area contributed by atoms with E-state index in [1.165, 1.54) is 18.2 Å². The number of rotatable bonds is 9. The highest BCUT2D eigenvalue weighted by Gasteiger charge is 2.23. The molecular formula is C34H28FN3O4S. The van der Waals surface area contributed by atoms with Crippen LogP contribution in [-0.4, -0.2) is 37.1 Å². The van der Waals surface area contributed by atoms with Crippen LogP contribution in [0.4, 0.5) is 10.1 Å². The number of pyridine rings is 1. The number of aromatic nitrogens is 1. The molecule has 3 heterocycles. The van der Waals surface area contributed by atoms with Crippen LogP contribution in [0, 0.1) is 5.82 Å². The molecule has 1 aliphatic heterocycles. The minimum Gasteiger partial charge on any atom is -0.490 e. The number of benzene rings is 3. The van der Waals surface area contributed by atoms with Crippen molar-refractivity contribution in [1.29, 1.82) is 0 Å². The summed E-state index contributed by atoms with van der Waals surface area (Å²) in [6.45, 7) is 4.60. The molecule has 6 rings (SSSR count). The Morgan fingerprint density at radius 3 is 2.77 bits per heavy atom. The van der Waals surface area contributed by atoms with Crippen LogP contribution in [0.2, 0.25) is 0 Å². The summed E-state index contributed by atoms with van der Waals surface area (Å²) < 4.78 is 26.6. The van der Waals surface area contributed by atoms with E-state index in [1.54, 1.807) is 30.6 Å². The van der Waals surface area contributed by atoms with Crippen LogP contribution in [0.15, 0.2) is 84.8 Å². The van der Waals surface area contributed by atoms with Crippen molar-refractivity contribution in [1.82, 2.24) is 10.3 Å². The molecule has 43 heavy (non-hydrogen) atoms. The lowest BCUT2D eigenvalue weighted by Crippen LogP contribution is -2.30. The molecule has 0 spiro atoms. The third-order valence-corrected chi connectivity index (χ3v) is 8.19. The third kappa shape index (κ3) is 5.77. The highest BCUT2D eigenvalue weighted by Crippen LogP contribution is 2.46. The molecule has 9 heteroatoms. The molecule has 0 unspecified atom stereocenters. The van der Waals surface area contributed by atoms with Crippen LogP contribution in [0.3, 0.4) is 0 Å². The van der Waals surface area contributed by atoms with Crippen molar-refractivity contribution in [3.63, 3.8) is 0 Å². The number of anilines is 1. The Kier molecular flexibility index (Phi) is 8.00. The van der Waals surface area contributed by atoms with Crippen LogP contribution in [0.5, 0.6) is 5.75 Å².